The number of anilines is 2. The van der Waals surface area contributed by atoms with Gasteiger partial charge in [0.2, 0.25) is 0 Å². The smallest absolute Gasteiger partial charge is 0.173 e. The highest BCUT2D eigenvalue weighted by Crippen LogP contribution is 2.16. The minimum Gasteiger partial charge on any atom is -0.378 e. The van der Waals surface area contributed by atoms with Crippen LogP contribution in [0.1, 0.15) is 12.5 Å². The van der Waals surface area contributed by atoms with Gasteiger partial charge in [-0.15, -0.1) is 0 Å². The third-order valence-electron chi connectivity index (χ3n) is 3.59. The Balaban J connectivity index is 2.00. The number of hydrogen-bond donors (Lipinski definition) is 1. The summed E-state index contributed by atoms with van der Waals surface area (Å²) >= 11 is 11.4. The molecular weight excluding hydrogens is 326 g/mol. The zero-order chi connectivity index (χ0) is 16.8. The molecule has 5 heteroatoms. The van der Waals surface area contributed by atoms with Crippen LogP contribution in [0.25, 0.3) is 0 Å². The summed E-state index contributed by atoms with van der Waals surface area (Å²) < 4.78 is 0. The summed E-state index contributed by atoms with van der Waals surface area (Å²) in [6.45, 7) is 3.72. The Morgan fingerprint density at radius 2 is 1.65 bits per heavy atom. The first-order chi connectivity index (χ1) is 11.0. The molecule has 0 saturated carbocycles. The van der Waals surface area contributed by atoms with Crippen LogP contribution in [0, 0.1) is 0 Å². The molecule has 0 fully saturated rings. The van der Waals surface area contributed by atoms with E-state index in [9.17, 15) is 0 Å². The van der Waals surface area contributed by atoms with E-state index in [2.05, 4.69) is 46.3 Å². The monoisotopic (exact) mass is 347 g/mol. The maximum Gasteiger partial charge on any atom is 0.173 e. The molecule has 23 heavy (non-hydrogen) atoms. The molecule has 0 aliphatic rings. The predicted octanol–water partition coefficient (Wildman–Crippen LogP) is 4.62. The van der Waals surface area contributed by atoms with Crippen molar-refractivity contribution < 1.29 is 0 Å². The van der Waals surface area contributed by atoms with Gasteiger partial charge in [0.1, 0.15) is 0 Å². The molecule has 2 aromatic rings. The summed E-state index contributed by atoms with van der Waals surface area (Å²) in [7, 11) is 4.08. The van der Waals surface area contributed by atoms with Gasteiger partial charge in [0.15, 0.2) is 5.11 Å². The molecule has 0 bridgehead atoms. The average Bonchev–Trinajstić information content (AvgIpc) is 2.55. The topological polar surface area (TPSA) is 18.5 Å². The Labute approximate surface area is 148 Å². The van der Waals surface area contributed by atoms with E-state index in [-0.39, 0.29) is 0 Å². The third kappa shape index (κ3) is 5.12. The summed E-state index contributed by atoms with van der Waals surface area (Å²) in [4.78, 5) is 4.22. The summed E-state index contributed by atoms with van der Waals surface area (Å²) in [5.41, 5.74) is 3.37. The van der Waals surface area contributed by atoms with Gasteiger partial charge in [0.25, 0.3) is 0 Å². The molecule has 0 heterocycles. The van der Waals surface area contributed by atoms with Crippen LogP contribution in [0.2, 0.25) is 5.02 Å². The summed E-state index contributed by atoms with van der Waals surface area (Å²) in [5, 5.41) is 4.69. The van der Waals surface area contributed by atoms with Crippen molar-refractivity contribution in [3.8, 4) is 0 Å². The molecule has 0 radical (unpaired) electrons. The highest BCUT2D eigenvalue weighted by Gasteiger charge is 2.09. The van der Waals surface area contributed by atoms with Crippen LogP contribution in [-0.4, -0.2) is 30.7 Å². The first-order valence-electron chi connectivity index (χ1n) is 7.57. The first kappa shape index (κ1) is 17.6. The Kier molecular flexibility index (Phi) is 6.25. The standard InChI is InChI=1S/C18H22ClN3S/c1-4-22(13-14-5-11-17(12-6-14)21(2)3)18(23)20-16-9-7-15(19)8-10-16/h5-12H,4,13H2,1-3H3,(H,20,23). The van der Waals surface area contributed by atoms with Crippen molar-refractivity contribution in [3.63, 3.8) is 0 Å². The number of nitrogens with one attached hydrogen (secondary N) is 1. The molecule has 1 N–H and O–H groups in total. The number of hydrogen-bond acceptors (Lipinski definition) is 2. The third-order valence-corrected chi connectivity index (χ3v) is 4.20. The molecule has 2 rings (SSSR count). The Morgan fingerprint density at radius 3 is 2.17 bits per heavy atom. The molecule has 2 aromatic carbocycles. The van der Waals surface area contributed by atoms with E-state index in [4.69, 9.17) is 23.8 Å². The van der Waals surface area contributed by atoms with Crippen LogP contribution in [0.4, 0.5) is 11.4 Å². The van der Waals surface area contributed by atoms with Crippen LogP contribution in [0.5, 0.6) is 0 Å². The zero-order valence-electron chi connectivity index (χ0n) is 13.7. The van der Waals surface area contributed by atoms with E-state index in [1.807, 2.05) is 38.4 Å². The number of nitrogens with zero attached hydrogens (tertiary/aromatic N) is 2. The van der Waals surface area contributed by atoms with Crippen LogP contribution in [0.15, 0.2) is 48.5 Å². The van der Waals surface area contributed by atoms with Crippen molar-refractivity contribution in [1.82, 2.24) is 4.90 Å². The molecule has 0 aliphatic carbocycles. The van der Waals surface area contributed by atoms with Gasteiger partial charge in [0, 0.05) is 43.6 Å². The summed E-state index contributed by atoms with van der Waals surface area (Å²) in [6, 6.07) is 16.1. The molecule has 0 unspecified atom stereocenters. The molecule has 0 aliphatic heterocycles. The number of thiocarbonyl (C=S) groups is 1. The predicted molar refractivity (Wildman–Crippen MR) is 105 cm³/mol. The number of benzene rings is 2. The van der Waals surface area contributed by atoms with Crippen LogP contribution in [0.3, 0.4) is 0 Å². The van der Waals surface area contributed by atoms with Gasteiger partial charge in [-0.05, 0) is 61.1 Å². The van der Waals surface area contributed by atoms with Gasteiger partial charge in [0.05, 0.1) is 0 Å². The van der Waals surface area contributed by atoms with Crippen molar-refractivity contribution >= 4 is 40.3 Å². The lowest BCUT2D eigenvalue weighted by atomic mass is 10.2. The molecule has 3 nitrogen and oxygen atoms in total. The summed E-state index contributed by atoms with van der Waals surface area (Å²) in [6.07, 6.45) is 0. The minimum atomic E-state index is 0.714. The highest BCUT2D eigenvalue weighted by atomic mass is 35.5. The second kappa shape index (κ2) is 8.18. The lowest BCUT2D eigenvalue weighted by molar-refractivity contribution is 0.442. The van der Waals surface area contributed by atoms with Gasteiger partial charge >= 0.3 is 0 Å². The highest BCUT2D eigenvalue weighted by molar-refractivity contribution is 7.80. The fourth-order valence-electron chi connectivity index (χ4n) is 2.18. The molecule has 122 valence electrons. The Morgan fingerprint density at radius 1 is 1.04 bits per heavy atom. The lowest BCUT2D eigenvalue weighted by Crippen LogP contribution is -2.34. The normalized spacial score (nSPS) is 10.3. The molecule has 0 spiro atoms. The van der Waals surface area contributed by atoms with E-state index < -0.39 is 0 Å². The van der Waals surface area contributed by atoms with Crippen molar-refractivity contribution in [2.24, 2.45) is 0 Å². The van der Waals surface area contributed by atoms with E-state index in [0.717, 1.165) is 23.8 Å². The first-order valence-corrected chi connectivity index (χ1v) is 8.36. The lowest BCUT2D eigenvalue weighted by Gasteiger charge is -2.25. The van der Waals surface area contributed by atoms with Gasteiger partial charge < -0.3 is 15.1 Å². The quantitative estimate of drug-likeness (QED) is 0.795. The van der Waals surface area contributed by atoms with Crippen molar-refractivity contribution in [2.75, 3.05) is 30.9 Å². The fraction of sp³-hybridized carbons (Fsp3) is 0.278. The second-order valence-corrected chi connectivity index (χ2v) is 6.34. The number of halogens is 1. The van der Waals surface area contributed by atoms with E-state index >= 15 is 0 Å². The molecule has 0 aromatic heterocycles. The van der Waals surface area contributed by atoms with E-state index in [1.165, 1.54) is 11.3 Å². The largest absolute Gasteiger partial charge is 0.378 e. The van der Waals surface area contributed by atoms with E-state index in [1.54, 1.807) is 0 Å². The van der Waals surface area contributed by atoms with Gasteiger partial charge in [-0.1, -0.05) is 23.7 Å². The molecule has 0 saturated heterocycles. The van der Waals surface area contributed by atoms with Crippen LogP contribution in [-0.2, 0) is 6.54 Å². The van der Waals surface area contributed by atoms with Crippen molar-refractivity contribution in [3.05, 3.63) is 59.1 Å². The Bertz CT molecular complexity index is 638. The maximum absolute atomic E-state index is 5.91. The van der Waals surface area contributed by atoms with Gasteiger partial charge in [-0.3, -0.25) is 0 Å². The van der Waals surface area contributed by atoms with Crippen molar-refractivity contribution in [1.29, 1.82) is 0 Å². The molecule has 0 amide bonds. The molecule has 0 atom stereocenters. The van der Waals surface area contributed by atoms with Crippen LogP contribution < -0.4 is 10.2 Å². The summed E-state index contributed by atoms with van der Waals surface area (Å²) in [5.74, 6) is 0. The van der Waals surface area contributed by atoms with Gasteiger partial charge in [-0.2, -0.15) is 0 Å². The van der Waals surface area contributed by atoms with Crippen molar-refractivity contribution in [2.45, 2.75) is 13.5 Å². The van der Waals surface area contributed by atoms with Crippen LogP contribution >= 0.6 is 23.8 Å². The van der Waals surface area contributed by atoms with Gasteiger partial charge in [-0.25, -0.2) is 0 Å². The second-order valence-electron chi connectivity index (χ2n) is 5.51. The average molecular weight is 348 g/mol. The maximum atomic E-state index is 5.91. The minimum absolute atomic E-state index is 0.714. The SMILES string of the molecule is CCN(Cc1ccc(N(C)C)cc1)C(=S)Nc1ccc(Cl)cc1. The molecular formula is C18H22ClN3S. The van der Waals surface area contributed by atoms with E-state index in [0.29, 0.717) is 5.11 Å². The number of rotatable bonds is 5. The fourth-order valence-corrected chi connectivity index (χ4v) is 2.62. The zero-order valence-corrected chi connectivity index (χ0v) is 15.3. The Hall–Kier alpha value is -1.78.